The lowest BCUT2D eigenvalue weighted by Crippen LogP contribution is -2.32. The molecule has 0 aliphatic carbocycles. The lowest BCUT2D eigenvalue weighted by Gasteiger charge is -2.09. The summed E-state index contributed by atoms with van der Waals surface area (Å²) in [6.45, 7) is 3.50. The molecule has 1 N–H and O–H groups in total. The second kappa shape index (κ2) is 5.82. The molecule has 0 bridgehead atoms. The third kappa shape index (κ3) is 4.40. The zero-order valence-electron chi connectivity index (χ0n) is 9.41. The molecule has 4 nitrogen and oxygen atoms in total. The van der Waals surface area contributed by atoms with E-state index in [1.165, 1.54) is 11.3 Å². The van der Waals surface area contributed by atoms with Gasteiger partial charge in [0.05, 0.1) is 17.6 Å². The van der Waals surface area contributed by atoms with Gasteiger partial charge in [0.25, 0.3) is 0 Å². The third-order valence-electron chi connectivity index (χ3n) is 2.05. The van der Waals surface area contributed by atoms with Crippen LogP contribution in [0.5, 0.6) is 0 Å². The summed E-state index contributed by atoms with van der Waals surface area (Å²) in [5.74, 6) is 0.0733. The number of likely N-dealkylation sites (N-methyl/N-ethyl adjacent to an activating group) is 1. The third-order valence-corrected chi connectivity index (χ3v) is 2.98. The van der Waals surface area contributed by atoms with Crippen LogP contribution in [-0.4, -0.2) is 43.0 Å². The summed E-state index contributed by atoms with van der Waals surface area (Å²) in [7, 11) is 3.97. The van der Waals surface area contributed by atoms with Crippen molar-refractivity contribution < 1.29 is 4.79 Å². The minimum atomic E-state index is 0.0733. The minimum absolute atomic E-state index is 0.0733. The standard InChI is InChI=1S/C10H17N3OS/c1-8-9(15-7-12-8)6-10(14)11-4-5-13(2)3/h7H,4-6H2,1-3H3,(H,11,14). The SMILES string of the molecule is Cc1ncsc1CC(=O)NCCN(C)C. The number of aryl methyl sites for hydroxylation is 1. The lowest BCUT2D eigenvalue weighted by molar-refractivity contribution is -0.120. The largest absolute Gasteiger partial charge is 0.355 e. The van der Waals surface area contributed by atoms with E-state index in [9.17, 15) is 4.79 Å². The first kappa shape index (κ1) is 12.1. The molecule has 0 atom stereocenters. The number of carbonyl (C=O) groups excluding carboxylic acids is 1. The monoisotopic (exact) mass is 227 g/mol. The van der Waals surface area contributed by atoms with Crippen LogP contribution in [0.1, 0.15) is 10.6 Å². The van der Waals surface area contributed by atoms with Crippen molar-refractivity contribution in [2.45, 2.75) is 13.3 Å². The maximum Gasteiger partial charge on any atom is 0.225 e. The molecule has 0 radical (unpaired) electrons. The molecular formula is C10H17N3OS. The van der Waals surface area contributed by atoms with Crippen molar-refractivity contribution in [1.29, 1.82) is 0 Å². The molecule has 5 heteroatoms. The molecule has 0 fully saturated rings. The number of hydrogen-bond donors (Lipinski definition) is 1. The summed E-state index contributed by atoms with van der Waals surface area (Å²) in [4.78, 5) is 18.7. The molecule has 0 saturated carbocycles. The summed E-state index contributed by atoms with van der Waals surface area (Å²) in [5.41, 5.74) is 2.74. The maximum absolute atomic E-state index is 11.5. The second-order valence-electron chi connectivity index (χ2n) is 3.69. The average molecular weight is 227 g/mol. The Morgan fingerprint density at radius 2 is 2.33 bits per heavy atom. The highest BCUT2D eigenvalue weighted by atomic mass is 32.1. The Morgan fingerprint density at radius 3 is 2.87 bits per heavy atom. The maximum atomic E-state index is 11.5. The number of rotatable bonds is 5. The summed E-state index contributed by atoms with van der Waals surface area (Å²) in [5, 5.41) is 2.88. The minimum Gasteiger partial charge on any atom is -0.355 e. The molecule has 0 saturated heterocycles. The molecule has 1 aromatic heterocycles. The second-order valence-corrected chi connectivity index (χ2v) is 4.63. The van der Waals surface area contributed by atoms with E-state index in [2.05, 4.69) is 10.3 Å². The molecule has 84 valence electrons. The van der Waals surface area contributed by atoms with Gasteiger partial charge in [0.2, 0.25) is 5.91 Å². The van der Waals surface area contributed by atoms with Crippen molar-refractivity contribution in [2.75, 3.05) is 27.2 Å². The van der Waals surface area contributed by atoms with E-state index in [1.54, 1.807) is 5.51 Å². The molecule has 1 amide bonds. The van der Waals surface area contributed by atoms with Gasteiger partial charge in [0.1, 0.15) is 0 Å². The van der Waals surface area contributed by atoms with Crippen molar-refractivity contribution in [3.63, 3.8) is 0 Å². The molecule has 15 heavy (non-hydrogen) atoms. The van der Waals surface area contributed by atoms with Crippen LogP contribution in [-0.2, 0) is 11.2 Å². The number of hydrogen-bond acceptors (Lipinski definition) is 4. The van der Waals surface area contributed by atoms with E-state index in [1.807, 2.05) is 25.9 Å². The molecule has 0 unspecified atom stereocenters. The quantitative estimate of drug-likeness (QED) is 0.804. The van der Waals surface area contributed by atoms with Crippen molar-refractivity contribution in [3.05, 3.63) is 16.1 Å². The fourth-order valence-corrected chi connectivity index (χ4v) is 1.90. The summed E-state index contributed by atoms with van der Waals surface area (Å²) in [6.07, 6.45) is 0.448. The summed E-state index contributed by atoms with van der Waals surface area (Å²) >= 11 is 1.54. The van der Waals surface area contributed by atoms with Gasteiger partial charge in [-0.2, -0.15) is 0 Å². The van der Waals surface area contributed by atoms with Crippen molar-refractivity contribution in [2.24, 2.45) is 0 Å². The van der Waals surface area contributed by atoms with Crippen molar-refractivity contribution in [3.8, 4) is 0 Å². The smallest absolute Gasteiger partial charge is 0.225 e. The Hall–Kier alpha value is -0.940. The van der Waals surface area contributed by atoms with Crippen LogP contribution in [0, 0.1) is 6.92 Å². The average Bonchev–Trinajstić information content (AvgIpc) is 2.51. The highest BCUT2D eigenvalue weighted by molar-refractivity contribution is 7.09. The van der Waals surface area contributed by atoms with Crippen LogP contribution in [0.15, 0.2) is 5.51 Å². The zero-order chi connectivity index (χ0) is 11.3. The molecule has 1 rings (SSSR count). The van der Waals surface area contributed by atoms with Crippen LogP contribution in [0.4, 0.5) is 0 Å². The Balaban J connectivity index is 2.28. The number of carbonyl (C=O) groups is 1. The van der Waals surface area contributed by atoms with E-state index < -0.39 is 0 Å². The van der Waals surface area contributed by atoms with Gasteiger partial charge in [-0.25, -0.2) is 4.98 Å². The van der Waals surface area contributed by atoms with Gasteiger partial charge in [-0.05, 0) is 21.0 Å². The fourth-order valence-electron chi connectivity index (χ4n) is 1.12. The van der Waals surface area contributed by atoms with E-state index in [0.29, 0.717) is 13.0 Å². The Labute approximate surface area is 94.3 Å². The predicted octanol–water partition coefficient (Wildman–Crippen LogP) is 0.672. The van der Waals surface area contributed by atoms with Crippen LogP contribution in [0.2, 0.25) is 0 Å². The molecule has 0 aliphatic heterocycles. The lowest BCUT2D eigenvalue weighted by atomic mass is 10.3. The first-order valence-electron chi connectivity index (χ1n) is 4.90. The Kier molecular flexibility index (Phi) is 4.71. The molecule has 0 aromatic carbocycles. The van der Waals surface area contributed by atoms with E-state index >= 15 is 0 Å². The fraction of sp³-hybridized carbons (Fsp3) is 0.600. The van der Waals surface area contributed by atoms with Crippen LogP contribution >= 0.6 is 11.3 Å². The number of aromatic nitrogens is 1. The van der Waals surface area contributed by atoms with Gasteiger partial charge >= 0.3 is 0 Å². The number of amides is 1. The molecule has 1 aromatic rings. The van der Waals surface area contributed by atoms with Crippen LogP contribution < -0.4 is 5.32 Å². The molecule has 0 spiro atoms. The van der Waals surface area contributed by atoms with E-state index in [0.717, 1.165) is 17.1 Å². The van der Waals surface area contributed by atoms with Gasteiger partial charge in [0, 0.05) is 18.0 Å². The van der Waals surface area contributed by atoms with E-state index in [-0.39, 0.29) is 5.91 Å². The topological polar surface area (TPSA) is 45.2 Å². The van der Waals surface area contributed by atoms with Crippen LogP contribution in [0.3, 0.4) is 0 Å². The highest BCUT2D eigenvalue weighted by Crippen LogP contribution is 2.12. The van der Waals surface area contributed by atoms with Crippen molar-refractivity contribution >= 4 is 17.2 Å². The number of nitrogens with one attached hydrogen (secondary N) is 1. The molecular weight excluding hydrogens is 210 g/mol. The Bertz CT molecular complexity index is 322. The molecule has 1 heterocycles. The predicted molar refractivity (Wildman–Crippen MR) is 62.1 cm³/mol. The Morgan fingerprint density at radius 1 is 1.60 bits per heavy atom. The first-order chi connectivity index (χ1) is 7.09. The molecule has 0 aliphatic rings. The summed E-state index contributed by atoms with van der Waals surface area (Å²) in [6, 6.07) is 0. The summed E-state index contributed by atoms with van der Waals surface area (Å²) < 4.78 is 0. The van der Waals surface area contributed by atoms with Gasteiger partial charge in [-0.3, -0.25) is 4.79 Å². The number of nitrogens with zero attached hydrogens (tertiary/aromatic N) is 2. The van der Waals surface area contributed by atoms with Gasteiger partial charge in [-0.1, -0.05) is 0 Å². The number of thiazole rings is 1. The van der Waals surface area contributed by atoms with Gasteiger partial charge in [0.15, 0.2) is 0 Å². The van der Waals surface area contributed by atoms with Gasteiger partial charge in [-0.15, -0.1) is 11.3 Å². The van der Waals surface area contributed by atoms with Crippen molar-refractivity contribution in [1.82, 2.24) is 15.2 Å². The first-order valence-corrected chi connectivity index (χ1v) is 5.78. The normalized spacial score (nSPS) is 10.7. The van der Waals surface area contributed by atoms with Gasteiger partial charge < -0.3 is 10.2 Å². The van der Waals surface area contributed by atoms with E-state index in [4.69, 9.17) is 0 Å². The highest BCUT2D eigenvalue weighted by Gasteiger charge is 2.07. The zero-order valence-corrected chi connectivity index (χ0v) is 10.2. The van der Waals surface area contributed by atoms with Crippen LogP contribution in [0.25, 0.3) is 0 Å².